The molecule has 0 aliphatic rings. The van der Waals surface area contributed by atoms with Gasteiger partial charge in [0.1, 0.15) is 0 Å². The van der Waals surface area contributed by atoms with Crippen molar-refractivity contribution < 1.29 is 19.5 Å². The van der Waals surface area contributed by atoms with Gasteiger partial charge in [0.25, 0.3) is 0 Å². The SMILES string of the molecule is CC.CC.O=C(O)C(=O)CC(=O)c1ccncc1. The zero-order chi connectivity index (χ0) is 14.6. The fourth-order valence-corrected chi connectivity index (χ4v) is 0.861. The molecule has 0 aliphatic heterocycles. The number of carboxylic acid groups (broad SMARTS) is 1. The van der Waals surface area contributed by atoms with Crippen molar-refractivity contribution in [3.8, 4) is 0 Å². The fourth-order valence-electron chi connectivity index (χ4n) is 0.861. The Morgan fingerprint density at radius 2 is 1.50 bits per heavy atom. The van der Waals surface area contributed by atoms with Crippen LogP contribution in [0.5, 0.6) is 0 Å². The summed E-state index contributed by atoms with van der Waals surface area (Å²) in [5.74, 6) is -3.21. The summed E-state index contributed by atoms with van der Waals surface area (Å²) < 4.78 is 0. The summed E-state index contributed by atoms with van der Waals surface area (Å²) in [6.45, 7) is 8.00. The minimum absolute atomic E-state index is 0.287. The average molecular weight is 253 g/mol. The molecule has 0 fully saturated rings. The fraction of sp³-hybridized carbons (Fsp3) is 0.385. The Hall–Kier alpha value is -2.04. The summed E-state index contributed by atoms with van der Waals surface area (Å²) in [4.78, 5) is 35.8. The van der Waals surface area contributed by atoms with Crippen LogP contribution >= 0.6 is 0 Å². The highest BCUT2D eigenvalue weighted by Gasteiger charge is 2.17. The van der Waals surface area contributed by atoms with Crippen molar-refractivity contribution >= 4 is 17.5 Å². The van der Waals surface area contributed by atoms with Crippen LogP contribution in [0.25, 0.3) is 0 Å². The van der Waals surface area contributed by atoms with Crippen LogP contribution in [0.1, 0.15) is 44.5 Å². The number of carboxylic acids is 1. The number of aromatic nitrogens is 1. The minimum Gasteiger partial charge on any atom is -0.475 e. The Kier molecular flexibility index (Phi) is 11.7. The number of hydrogen-bond acceptors (Lipinski definition) is 4. The highest BCUT2D eigenvalue weighted by molar-refractivity contribution is 6.37. The van der Waals surface area contributed by atoms with Gasteiger partial charge in [-0.15, -0.1) is 0 Å². The second-order valence-corrected chi connectivity index (χ2v) is 2.56. The lowest BCUT2D eigenvalue weighted by Gasteiger charge is -1.96. The lowest BCUT2D eigenvalue weighted by Crippen LogP contribution is -2.17. The van der Waals surface area contributed by atoms with Crippen LogP contribution in [0, 0.1) is 0 Å². The van der Waals surface area contributed by atoms with E-state index in [1.54, 1.807) is 0 Å². The van der Waals surface area contributed by atoms with Gasteiger partial charge in [0.2, 0.25) is 5.78 Å². The van der Waals surface area contributed by atoms with Crippen LogP contribution in [0.15, 0.2) is 24.5 Å². The van der Waals surface area contributed by atoms with Crippen molar-refractivity contribution in [1.29, 1.82) is 0 Å². The maximum atomic E-state index is 11.2. The van der Waals surface area contributed by atoms with E-state index < -0.39 is 24.0 Å². The summed E-state index contributed by atoms with van der Waals surface area (Å²) >= 11 is 0. The molecule has 0 bridgehead atoms. The first-order valence-corrected chi connectivity index (χ1v) is 5.80. The average Bonchev–Trinajstić information content (AvgIpc) is 2.44. The van der Waals surface area contributed by atoms with E-state index in [1.165, 1.54) is 24.5 Å². The predicted octanol–water partition coefficient (Wildman–Crippen LogP) is 2.36. The van der Waals surface area contributed by atoms with Crippen LogP contribution in [-0.4, -0.2) is 27.6 Å². The Labute approximate surface area is 107 Å². The number of carbonyl (C=O) groups is 3. The van der Waals surface area contributed by atoms with Crippen molar-refractivity contribution in [2.45, 2.75) is 34.1 Å². The van der Waals surface area contributed by atoms with Crippen LogP contribution in [0.4, 0.5) is 0 Å². The molecule has 0 atom stereocenters. The molecule has 1 N–H and O–H groups in total. The Morgan fingerprint density at radius 3 is 1.89 bits per heavy atom. The number of Topliss-reactive ketones (excluding diaryl/α,β-unsaturated/α-hetero) is 2. The second-order valence-electron chi connectivity index (χ2n) is 2.56. The maximum absolute atomic E-state index is 11.2. The first-order chi connectivity index (χ1) is 8.61. The minimum atomic E-state index is -1.59. The largest absolute Gasteiger partial charge is 0.475 e. The van der Waals surface area contributed by atoms with E-state index in [1.807, 2.05) is 27.7 Å². The van der Waals surface area contributed by atoms with Gasteiger partial charge in [-0.1, -0.05) is 27.7 Å². The molecule has 1 aromatic heterocycles. The molecule has 0 aliphatic carbocycles. The Balaban J connectivity index is 0. The lowest BCUT2D eigenvalue weighted by molar-refractivity contribution is -0.148. The smallest absolute Gasteiger partial charge is 0.372 e. The van der Waals surface area contributed by atoms with Crippen molar-refractivity contribution in [2.75, 3.05) is 0 Å². The highest BCUT2D eigenvalue weighted by atomic mass is 16.4. The van der Waals surface area contributed by atoms with Crippen LogP contribution in [0.3, 0.4) is 0 Å². The molecule has 0 radical (unpaired) electrons. The van der Waals surface area contributed by atoms with Crippen molar-refractivity contribution in [3.63, 3.8) is 0 Å². The second kappa shape index (κ2) is 11.4. The van der Waals surface area contributed by atoms with E-state index in [-0.39, 0.29) is 5.56 Å². The van der Waals surface area contributed by atoms with Crippen molar-refractivity contribution in [2.24, 2.45) is 0 Å². The van der Waals surface area contributed by atoms with Gasteiger partial charge in [-0.25, -0.2) is 4.79 Å². The zero-order valence-corrected chi connectivity index (χ0v) is 11.1. The van der Waals surface area contributed by atoms with Crippen LogP contribution in [-0.2, 0) is 9.59 Å². The molecule has 1 heterocycles. The molecular weight excluding hydrogens is 234 g/mol. The molecule has 5 heteroatoms. The van der Waals surface area contributed by atoms with Gasteiger partial charge in [0.05, 0.1) is 6.42 Å². The monoisotopic (exact) mass is 253 g/mol. The molecule has 0 spiro atoms. The predicted molar refractivity (Wildman–Crippen MR) is 68.5 cm³/mol. The van der Waals surface area contributed by atoms with E-state index in [4.69, 9.17) is 5.11 Å². The molecule has 0 saturated carbocycles. The van der Waals surface area contributed by atoms with Gasteiger partial charge in [0, 0.05) is 18.0 Å². The quantitative estimate of drug-likeness (QED) is 0.506. The molecule has 0 aromatic carbocycles. The van der Waals surface area contributed by atoms with Crippen LogP contribution in [0.2, 0.25) is 0 Å². The normalized spacial score (nSPS) is 8.00. The topological polar surface area (TPSA) is 84.3 Å². The van der Waals surface area contributed by atoms with Gasteiger partial charge in [-0.05, 0) is 12.1 Å². The number of carbonyl (C=O) groups excluding carboxylic acids is 2. The standard InChI is InChI=1S/C9H7NO4.2C2H6/c11-7(5-8(12)9(13)14)6-1-3-10-4-2-6;2*1-2/h1-4H,5H2,(H,13,14);2*1-2H3. The third-order valence-electron chi connectivity index (χ3n) is 1.56. The molecule has 1 aromatic rings. The van der Waals surface area contributed by atoms with E-state index >= 15 is 0 Å². The van der Waals surface area contributed by atoms with Crippen LogP contribution < -0.4 is 0 Å². The number of ketones is 2. The first-order valence-electron chi connectivity index (χ1n) is 5.80. The number of rotatable bonds is 4. The van der Waals surface area contributed by atoms with Gasteiger partial charge in [0.15, 0.2) is 5.78 Å². The molecule has 0 unspecified atom stereocenters. The molecule has 5 nitrogen and oxygen atoms in total. The van der Waals surface area contributed by atoms with Crippen molar-refractivity contribution in [1.82, 2.24) is 4.98 Å². The lowest BCUT2D eigenvalue weighted by atomic mass is 10.1. The summed E-state index contributed by atoms with van der Waals surface area (Å²) in [5, 5.41) is 8.26. The third-order valence-corrected chi connectivity index (χ3v) is 1.56. The number of pyridine rings is 1. The highest BCUT2D eigenvalue weighted by Crippen LogP contribution is 2.01. The Morgan fingerprint density at radius 1 is 1.06 bits per heavy atom. The first kappa shape index (κ1) is 18.3. The molecule has 0 saturated heterocycles. The van der Waals surface area contributed by atoms with E-state index in [9.17, 15) is 14.4 Å². The van der Waals surface area contributed by atoms with E-state index in [2.05, 4.69) is 4.98 Å². The van der Waals surface area contributed by atoms with E-state index in [0.717, 1.165) is 0 Å². The summed E-state index contributed by atoms with van der Waals surface area (Å²) in [6, 6.07) is 2.86. The Bertz CT molecular complexity index is 374. The summed E-state index contributed by atoms with van der Waals surface area (Å²) in [5.41, 5.74) is 0.287. The summed E-state index contributed by atoms with van der Waals surface area (Å²) in [6.07, 6.45) is 2.19. The van der Waals surface area contributed by atoms with Gasteiger partial charge in [-0.2, -0.15) is 0 Å². The number of hydrogen-bond donors (Lipinski definition) is 1. The molecule has 1 rings (SSSR count). The van der Waals surface area contributed by atoms with Gasteiger partial charge < -0.3 is 5.11 Å². The molecular formula is C13H19NO4. The molecule has 100 valence electrons. The number of nitrogens with zero attached hydrogens (tertiary/aromatic N) is 1. The van der Waals surface area contributed by atoms with Crippen molar-refractivity contribution in [3.05, 3.63) is 30.1 Å². The number of aliphatic carboxylic acids is 1. The van der Waals surface area contributed by atoms with Gasteiger partial charge in [-0.3, -0.25) is 14.6 Å². The maximum Gasteiger partial charge on any atom is 0.372 e. The third kappa shape index (κ3) is 7.27. The zero-order valence-electron chi connectivity index (χ0n) is 11.1. The van der Waals surface area contributed by atoms with E-state index in [0.29, 0.717) is 0 Å². The summed E-state index contributed by atoms with van der Waals surface area (Å²) in [7, 11) is 0. The molecule has 0 amide bonds. The van der Waals surface area contributed by atoms with Gasteiger partial charge >= 0.3 is 5.97 Å². The molecule has 18 heavy (non-hydrogen) atoms.